The van der Waals surface area contributed by atoms with Crippen LogP contribution in [0.25, 0.3) is 0 Å². The van der Waals surface area contributed by atoms with Crippen molar-refractivity contribution in [2.45, 2.75) is 62.7 Å². The van der Waals surface area contributed by atoms with Crippen molar-refractivity contribution < 1.29 is 29.1 Å². The van der Waals surface area contributed by atoms with Gasteiger partial charge in [0.15, 0.2) is 5.96 Å². The lowest BCUT2D eigenvalue weighted by Crippen LogP contribution is -2.57. The van der Waals surface area contributed by atoms with Gasteiger partial charge in [-0.05, 0) is 44.1 Å². The summed E-state index contributed by atoms with van der Waals surface area (Å²) in [6.07, 6.45) is 2.94. The van der Waals surface area contributed by atoms with Gasteiger partial charge in [-0.2, -0.15) is 11.8 Å². The van der Waals surface area contributed by atoms with E-state index in [1.165, 1.54) is 16.7 Å². The van der Waals surface area contributed by atoms with Crippen LogP contribution in [0.1, 0.15) is 38.5 Å². The second-order valence-electron chi connectivity index (χ2n) is 8.16. The molecule has 1 rings (SSSR count). The molecular weight excluding hydrogens is 480 g/mol. The number of nitrogens with zero attached hydrogens (tertiary/aromatic N) is 2. The minimum absolute atomic E-state index is 0.0762. The van der Waals surface area contributed by atoms with Gasteiger partial charge in [-0.25, -0.2) is 4.79 Å². The average Bonchev–Trinajstić information content (AvgIpc) is 3.27. The van der Waals surface area contributed by atoms with Gasteiger partial charge in [0, 0.05) is 13.1 Å². The van der Waals surface area contributed by atoms with E-state index in [1.807, 2.05) is 6.26 Å². The number of likely N-dealkylation sites (tertiary alicyclic amines) is 1. The number of guanidine groups is 1. The SMILES string of the molecule is CSCCC(N)C(=O)NC(CC(N)=O)C(=O)N1CCCC1C(=O)NC(CCCN=C(N)N)C(=O)O. The number of carbonyl (C=O) groups excluding carboxylic acids is 4. The number of rotatable bonds is 15. The lowest BCUT2D eigenvalue weighted by molar-refractivity contribution is -0.145. The van der Waals surface area contributed by atoms with E-state index in [0.29, 0.717) is 31.4 Å². The molecule has 14 nitrogen and oxygen atoms in total. The summed E-state index contributed by atoms with van der Waals surface area (Å²) < 4.78 is 0. The van der Waals surface area contributed by atoms with Crippen molar-refractivity contribution in [3.8, 4) is 0 Å². The Morgan fingerprint density at radius 3 is 2.37 bits per heavy atom. The normalized spacial score (nSPS) is 17.7. The highest BCUT2D eigenvalue weighted by atomic mass is 32.2. The molecule has 0 bridgehead atoms. The Hall–Kier alpha value is -3.07. The number of hydrogen-bond acceptors (Lipinski definition) is 8. The maximum absolute atomic E-state index is 13.2. The lowest BCUT2D eigenvalue weighted by atomic mass is 10.1. The summed E-state index contributed by atoms with van der Waals surface area (Å²) in [5.41, 5.74) is 21.6. The number of carboxylic acid groups (broad SMARTS) is 1. The number of amides is 4. The number of aliphatic carboxylic acids is 1. The summed E-state index contributed by atoms with van der Waals surface area (Å²) in [6, 6.07) is -4.33. The van der Waals surface area contributed by atoms with Crippen LogP contribution in [0.15, 0.2) is 4.99 Å². The number of carboxylic acids is 1. The van der Waals surface area contributed by atoms with E-state index < -0.39 is 60.2 Å². The highest BCUT2D eigenvalue weighted by molar-refractivity contribution is 7.98. The van der Waals surface area contributed by atoms with Crippen LogP contribution in [0.4, 0.5) is 0 Å². The number of carbonyl (C=O) groups is 5. The van der Waals surface area contributed by atoms with E-state index in [4.69, 9.17) is 22.9 Å². The largest absolute Gasteiger partial charge is 0.480 e. The third kappa shape index (κ3) is 10.4. The van der Waals surface area contributed by atoms with Gasteiger partial charge < -0.3 is 43.6 Å². The van der Waals surface area contributed by atoms with Crippen LogP contribution in [0.5, 0.6) is 0 Å². The molecule has 1 aliphatic rings. The molecule has 0 aromatic rings. The van der Waals surface area contributed by atoms with Crippen molar-refractivity contribution in [2.75, 3.05) is 25.1 Å². The molecule has 1 aliphatic heterocycles. The fourth-order valence-electron chi connectivity index (χ4n) is 3.59. The van der Waals surface area contributed by atoms with Crippen molar-refractivity contribution in [1.29, 1.82) is 0 Å². The number of primary amides is 1. The predicted octanol–water partition coefficient (Wildman–Crippen LogP) is -2.96. The fourth-order valence-corrected chi connectivity index (χ4v) is 4.08. The number of aliphatic imine (C=N–C) groups is 1. The number of thioether (sulfide) groups is 1. The average molecular weight is 517 g/mol. The minimum Gasteiger partial charge on any atom is -0.480 e. The van der Waals surface area contributed by atoms with Gasteiger partial charge in [-0.1, -0.05) is 0 Å². The maximum Gasteiger partial charge on any atom is 0.326 e. The zero-order valence-electron chi connectivity index (χ0n) is 19.8. The third-order valence-corrected chi connectivity index (χ3v) is 6.03. The van der Waals surface area contributed by atoms with Gasteiger partial charge in [-0.3, -0.25) is 24.2 Å². The van der Waals surface area contributed by atoms with Crippen molar-refractivity contribution in [3.05, 3.63) is 0 Å². The second kappa shape index (κ2) is 15.0. The Balaban J connectivity index is 2.88. The van der Waals surface area contributed by atoms with Crippen LogP contribution in [-0.2, 0) is 24.0 Å². The summed E-state index contributed by atoms with van der Waals surface area (Å²) in [6.45, 7) is 0.395. The molecule has 1 fully saturated rings. The van der Waals surface area contributed by atoms with Gasteiger partial charge in [0.25, 0.3) is 0 Å². The van der Waals surface area contributed by atoms with Gasteiger partial charge >= 0.3 is 5.97 Å². The lowest BCUT2D eigenvalue weighted by Gasteiger charge is -2.29. The zero-order valence-corrected chi connectivity index (χ0v) is 20.6. The van der Waals surface area contributed by atoms with Crippen molar-refractivity contribution >= 4 is 47.3 Å². The zero-order chi connectivity index (χ0) is 26.5. The first-order valence-corrected chi connectivity index (χ1v) is 12.6. The van der Waals surface area contributed by atoms with Gasteiger partial charge in [-0.15, -0.1) is 0 Å². The number of nitrogens with one attached hydrogen (secondary N) is 2. The highest BCUT2D eigenvalue weighted by Crippen LogP contribution is 2.20. The van der Waals surface area contributed by atoms with Crippen LogP contribution in [-0.4, -0.2) is 94.8 Å². The summed E-state index contributed by atoms with van der Waals surface area (Å²) in [7, 11) is 0. The summed E-state index contributed by atoms with van der Waals surface area (Å²) in [4.78, 5) is 66.6. The minimum atomic E-state index is -1.29. The number of hydrogen-bond donors (Lipinski definition) is 7. The summed E-state index contributed by atoms with van der Waals surface area (Å²) in [5.74, 6) is -3.45. The van der Waals surface area contributed by atoms with Gasteiger partial charge in [0.1, 0.15) is 18.1 Å². The Morgan fingerprint density at radius 1 is 1.11 bits per heavy atom. The molecule has 11 N–H and O–H groups in total. The fraction of sp³-hybridized carbons (Fsp3) is 0.700. The maximum atomic E-state index is 13.2. The van der Waals surface area contributed by atoms with E-state index in [0.717, 1.165) is 0 Å². The highest BCUT2D eigenvalue weighted by Gasteiger charge is 2.39. The molecule has 0 aliphatic carbocycles. The quantitative estimate of drug-likeness (QED) is 0.0661. The number of nitrogens with two attached hydrogens (primary N) is 4. The first-order valence-electron chi connectivity index (χ1n) is 11.2. The van der Waals surface area contributed by atoms with E-state index >= 15 is 0 Å². The Bertz CT molecular complexity index is 806. The molecule has 0 aromatic carbocycles. The van der Waals surface area contributed by atoms with Crippen LogP contribution in [0, 0.1) is 0 Å². The second-order valence-corrected chi connectivity index (χ2v) is 9.14. The smallest absolute Gasteiger partial charge is 0.326 e. The van der Waals surface area contributed by atoms with E-state index in [-0.39, 0.29) is 25.5 Å². The Labute approximate surface area is 208 Å². The molecule has 1 heterocycles. The van der Waals surface area contributed by atoms with Crippen LogP contribution >= 0.6 is 11.8 Å². The standard InChI is InChI=1S/C20H36N8O6S/c1-35-9-6-11(21)16(30)27-13(10-15(22)29)18(32)28-8-3-5-14(28)17(31)26-12(19(33)34)4-2-7-25-20(23)24/h11-14H,2-10,21H2,1H3,(H2,22,29)(H,26,31)(H,27,30)(H,33,34)(H4,23,24,25). The van der Waals surface area contributed by atoms with E-state index in [9.17, 15) is 29.1 Å². The van der Waals surface area contributed by atoms with Crippen LogP contribution in [0.3, 0.4) is 0 Å². The Morgan fingerprint density at radius 2 is 1.80 bits per heavy atom. The summed E-state index contributed by atoms with van der Waals surface area (Å²) in [5, 5.41) is 14.4. The molecule has 1 saturated heterocycles. The molecule has 35 heavy (non-hydrogen) atoms. The van der Waals surface area contributed by atoms with Crippen molar-refractivity contribution in [1.82, 2.24) is 15.5 Å². The molecule has 198 valence electrons. The Kier molecular flexibility index (Phi) is 12.9. The van der Waals surface area contributed by atoms with Gasteiger partial charge in [0.05, 0.1) is 12.5 Å². The molecular formula is C20H36N8O6S. The monoisotopic (exact) mass is 516 g/mol. The van der Waals surface area contributed by atoms with Crippen molar-refractivity contribution in [2.24, 2.45) is 27.9 Å². The first kappa shape index (κ1) is 30.0. The third-order valence-electron chi connectivity index (χ3n) is 5.39. The van der Waals surface area contributed by atoms with E-state index in [2.05, 4.69) is 15.6 Å². The molecule has 0 aromatic heterocycles. The molecule has 4 amide bonds. The molecule has 0 spiro atoms. The predicted molar refractivity (Wildman–Crippen MR) is 131 cm³/mol. The van der Waals surface area contributed by atoms with Crippen LogP contribution < -0.4 is 33.6 Å². The molecule has 4 atom stereocenters. The van der Waals surface area contributed by atoms with Crippen LogP contribution in [0.2, 0.25) is 0 Å². The molecule has 0 radical (unpaired) electrons. The van der Waals surface area contributed by atoms with Crippen molar-refractivity contribution in [3.63, 3.8) is 0 Å². The molecule has 0 saturated carbocycles. The summed E-state index contributed by atoms with van der Waals surface area (Å²) >= 11 is 1.51. The topological polar surface area (TPSA) is 249 Å². The molecule has 15 heteroatoms. The first-order chi connectivity index (χ1) is 16.5. The molecule has 4 unspecified atom stereocenters. The van der Waals surface area contributed by atoms with Gasteiger partial charge in [0.2, 0.25) is 23.6 Å². The van der Waals surface area contributed by atoms with E-state index in [1.54, 1.807) is 0 Å².